The second-order valence-corrected chi connectivity index (χ2v) is 6.00. The van der Waals surface area contributed by atoms with Crippen LogP contribution in [0.5, 0.6) is 0 Å². The normalized spacial score (nSPS) is 18.5. The summed E-state index contributed by atoms with van der Waals surface area (Å²) in [6, 6.07) is 4.08. The van der Waals surface area contributed by atoms with Gasteiger partial charge >= 0.3 is 6.18 Å². The highest BCUT2D eigenvalue weighted by Crippen LogP contribution is 2.34. The number of anilines is 1. The number of hydrogen-bond donors (Lipinski definition) is 0. The number of carbonyl (C=O) groups is 2. The van der Waals surface area contributed by atoms with Crippen LogP contribution in [-0.2, 0) is 15.8 Å². The van der Waals surface area contributed by atoms with Gasteiger partial charge in [-0.3, -0.25) is 14.5 Å². The van der Waals surface area contributed by atoms with Crippen LogP contribution >= 0.6 is 0 Å². The first-order valence-electron chi connectivity index (χ1n) is 7.28. The van der Waals surface area contributed by atoms with E-state index in [1.54, 1.807) is 0 Å². The molecule has 0 aromatic heterocycles. The van der Waals surface area contributed by atoms with Crippen molar-refractivity contribution in [3.63, 3.8) is 0 Å². The average Bonchev–Trinajstić information content (AvgIpc) is 2.72. The maximum Gasteiger partial charge on any atom is 0.416 e. The number of rotatable bonds is 3. The van der Waals surface area contributed by atoms with Gasteiger partial charge in [-0.05, 0) is 51.5 Å². The number of allylic oxidation sites excluding steroid dienone is 2. The summed E-state index contributed by atoms with van der Waals surface area (Å²) in [6.45, 7) is 5.78. The summed E-state index contributed by atoms with van der Waals surface area (Å²) in [6.07, 6.45) is -3.87. The van der Waals surface area contributed by atoms with Crippen molar-refractivity contribution >= 4 is 17.5 Å². The molecule has 0 N–H and O–H groups in total. The molecule has 1 unspecified atom stereocenters. The molecule has 0 saturated carbocycles. The van der Waals surface area contributed by atoms with Crippen molar-refractivity contribution in [2.45, 2.75) is 39.8 Å². The summed E-state index contributed by atoms with van der Waals surface area (Å²) < 4.78 is 37.7. The van der Waals surface area contributed by atoms with Gasteiger partial charge in [0.05, 0.1) is 17.2 Å². The molecule has 124 valence electrons. The molecule has 1 atom stereocenters. The first-order valence-corrected chi connectivity index (χ1v) is 7.28. The minimum absolute atomic E-state index is 0.0878. The Bertz CT molecular complexity index is 655. The Hall–Kier alpha value is -2.11. The fourth-order valence-electron chi connectivity index (χ4n) is 2.50. The molecule has 1 aliphatic heterocycles. The molecule has 1 aromatic carbocycles. The largest absolute Gasteiger partial charge is 0.416 e. The standard InChI is InChI=1S/C17H18F3NO2/c1-10(2)11(3)8-12-9-15(22)21(16(12)23)14-6-4-13(5-7-14)17(18,19)20/h4-7,12H,8-9H2,1-3H3. The zero-order valence-corrected chi connectivity index (χ0v) is 13.2. The van der Waals surface area contributed by atoms with Crippen LogP contribution in [-0.4, -0.2) is 11.8 Å². The summed E-state index contributed by atoms with van der Waals surface area (Å²) in [5.74, 6) is -1.17. The van der Waals surface area contributed by atoms with Gasteiger partial charge in [-0.15, -0.1) is 0 Å². The van der Waals surface area contributed by atoms with Gasteiger partial charge in [0.15, 0.2) is 0 Å². The van der Waals surface area contributed by atoms with Gasteiger partial charge in [-0.2, -0.15) is 13.2 Å². The van der Waals surface area contributed by atoms with Crippen LogP contribution in [0.1, 0.15) is 39.2 Å². The Morgan fingerprint density at radius 2 is 1.70 bits per heavy atom. The monoisotopic (exact) mass is 325 g/mol. The van der Waals surface area contributed by atoms with E-state index in [1.807, 2.05) is 20.8 Å². The first-order chi connectivity index (χ1) is 10.6. The lowest BCUT2D eigenvalue weighted by molar-refractivity contribution is -0.137. The predicted octanol–water partition coefficient (Wildman–Crippen LogP) is 4.33. The van der Waals surface area contributed by atoms with E-state index in [1.165, 1.54) is 0 Å². The number of halogens is 3. The number of alkyl halides is 3. The highest BCUT2D eigenvalue weighted by atomic mass is 19.4. The van der Waals surface area contributed by atoms with Gasteiger partial charge in [0, 0.05) is 6.42 Å². The molecule has 1 aliphatic rings. The van der Waals surface area contributed by atoms with Crippen LogP contribution in [0.3, 0.4) is 0 Å². The van der Waals surface area contributed by atoms with E-state index in [2.05, 4.69) is 0 Å². The minimum Gasteiger partial charge on any atom is -0.274 e. The van der Waals surface area contributed by atoms with Gasteiger partial charge < -0.3 is 0 Å². The average molecular weight is 325 g/mol. The van der Waals surface area contributed by atoms with Gasteiger partial charge in [-0.1, -0.05) is 11.1 Å². The van der Waals surface area contributed by atoms with E-state index in [-0.39, 0.29) is 23.9 Å². The third-order valence-electron chi connectivity index (χ3n) is 4.10. The van der Waals surface area contributed by atoms with Crippen LogP contribution in [0.25, 0.3) is 0 Å². The number of imide groups is 1. The van der Waals surface area contributed by atoms with Gasteiger partial charge in [-0.25, -0.2) is 0 Å². The zero-order chi connectivity index (χ0) is 17.4. The number of hydrogen-bond acceptors (Lipinski definition) is 2. The number of amides is 2. The highest BCUT2D eigenvalue weighted by molar-refractivity contribution is 6.21. The summed E-state index contributed by atoms with van der Waals surface area (Å²) in [7, 11) is 0. The molecule has 2 amide bonds. The quantitative estimate of drug-likeness (QED) is 0.613. The Balaban J connectivity index is 2.22. The van der Waals surface area contributed by atoms with Crippen molar-refractivity contribution in [2.75, 3.05) is 4.90 Å². The number of benzene rings is 1. The molecular weight excluding hydrogens is 307 g/mol. The van der Waals surface area contributed by atoms with Crippen LogP contribution in [0.2, 0.25) is 0 Å². The smallest absolute Gasteiger partial charge is 0.274 e. The van der Waals surface area contributed by atoms with Gasteiger partial charge in [0.1, 0.15) is 0 Å². The van der Waals surface area contributed by atoms with Crippen LogP contribution in [0, 0.1) is 5.92 Å². The van der Waals surface area contributed by atoms with Crippen molar-refractivity contribution in [1.29, 1.82) is 0 Å². The lowest BCUT2D eigenvalue weighted by Crippen LogP contribution is -2.30. The molecule has 2 rings (SSSR count). The fraction of sp³-hybridized carbons (Fsp3) is 0.412. The van der Waals surface area contributed by atoms with Crippen LogP contribution < -0.4 is 4.90 Å². The van der Waals surface area contributed by atoms with E-state index < -0.39 is 17.7 Å². The van der Waals surface area contributed by atoms with Crippen molar-refractivity contribution in [1.82, 2.24) is 0 Å². The maximum absolute atomic E-state index is 12.6. The van der Waals surface area contributed by atoms with Crippen molar-refractivity contribution in [3.05, 3.63) is 41.0 Å². The van der Waals surface area contributed by atoms with E-state index >= 15 is 0 Å². The molecule has 1 fully saturated rings. The van der Waals surface area contributed by atoms with Gasteiger partial charge in [0.25, 0.3) is 0 Å². The van der Waals surface area contributed by atoms with Crippen molar-refractivity contribution in [3.8, 4) is 0 Å². The second kappa shape index (κ2) is 6.18. The molecule has 0 spiro atoms. The lowest BCUT2D eigenvalue weighted by atomic mass is 9.96. The topological polar surface area (TPSA) is 37.4 Å². The molecule has 1 saturated heterocycles. The number of carbonyl (C=O) groups excluding carboxylic acids is 2. The Labute approximate surface area is 132 Å². The Morgan fingerprint density at radius 3 is 2.17 bits per heavy atom. The Morgan fingerprint density at radius 1 is 1.13 bits per heavy atom. The molecule has 0 radical (unpaired) electrons. The molecular formula is C17H18F3NO2. The highest BCUT2D eigenvalue weighted by Gasteiger charge is 2.39. The minimum atomic E-state index is -4.44. The summed E-state index contributed by atoms with van der Waals surface area (Å²) >= 11 is 0. The number of nitrogens with zero attached hydrogens (tertiary/aromatic N) is 1. The third kappa shape index (κ3) is 3.63. The third-order valence-corrected chi connectivity index (χ3v) is 4.10. The van der Waals surface area contributed by atoms with Gasteiger partial charge in [0.2, 0.25) is 11.8 Å². The summed E-state index contributed by atoms with van der Waals surface area (Å²) in [5, 5.41) is 0. The van der Waals surface area contributed by atoms with Crippen LogP contribution in [0.15, 0.2) is 35.4 Å². The van der Waals surface area contributed by atoms with E-state index in [9.17, 15) is 22.8 Å². The summed E-state index contributed by atoms with van der Waals surface area (Å²) in [4.78, 5) is 25.5. The first kappa shape index (κ1) is 17.2. The maximum atomic E-state index is 12.6. The molecule has 0 bridgehead atoms. The molecule has 3 nitrogen and oxygen atoms in total. The van der Waals surface area contributed by atoms with Crippen molar-refractivity contribution < 1.29 is 22.8 Å². The lowest BCUT2D eigenvalue weighted by Gasteiger charge is -2.16. The van der Waals surface area contributed by atoms with E-state index in [0.29, 0.717) is 6.42 Å². The molecule has 6 heteroatoms. The van der Waals surface area contributed by atoms with Crippen LogP contribution in [0.4, 0.5) is 18.9 Å². The molecule has 1 aromatic rings. The SMILES string of the molecule is CC(C)=C(C)CC1CC(=O)N(c2ccc(C(F)(F)F)cc2)C1=O. The Kier molecular flexibility index (Phi) is 4.63. The van der Waals surface area contributed by atoms with E-state index in [4.69, 9.17) is 0 Å². The predicted molar refractivity (Wildman–Crippen MR) is 80.7 cm³/mol. The molecule has 0 aliphatic carbocycles. The van der Waals surface area contributed by atoms with E-state index in [0.717, 1.165) is 40.3 Å². The molecule has 23 heavy (non-hydrogen) atoms. The molecule has 1 heterocycles. The zero-order valence-electron chi connectivity index (χ0n) is 13.2. The van der Waals surface area contributed by atoms with Crippen molar-refractivity contribution in [2.24, 2.45) is 5.92 Å². The fourth-order valence-corrected chi connectivity index (χ4v) is 2.50. The second-order valence-electron chi connectivity index (χ2n) is 6.00. The summed E-state index contributed by atoms with van der Waals surface area (Å²) in [5.41, 5.74) is 1.52.